The highest BCUT2D eigenvalue weighted by atomic mass is 16.5. The molecule has 0 aliphatic rings. The summed E-state index contributed by atoms with van der Waals surface area (Å²) in [4.78, 5) is 12.8. The number of benzene rings is 2. The summed E-state index contributed by atoms with van der Waals surface area (Å²) >= 11 is 0. The van der Waals surface area contributed by atoms with Crippen molar-refractivity contribution >= 4 is 16.7 Å². The zero-order chi connectivity index (χ0) is 19.4. The van der Waals surface area contributed by atoms with Crippen molar-refractivity contribution in [2.75, 3.05) is 13.7 Å². The van der Waals surface area contributed by atoms with E-state index in [1.165, 1.54) is 0 Å². The maximum Gasteiger partial charge on any atom is 0.255 e. The highest BCUT2D eigenvalue weighted by Crippen LogP contribution is 2.28. The van der Waals surface area contributed by atoms with Crippen LogP contribution in [0.15, 0.2) is 40.9 Å². The number of hydrogen-bond acceptors (Lipinski definition) is 5. The van der Waals surface area contributed by atoms with Crippen molar-refractivity contribution in [3.05, 3.63) is 59.0 Å². The molecule has 0 fully saturated rings. The van der Waals surface area contributed by atoms with E-state index in [9.17, 15) is 4.79 Å². The zero-order valence-corrected chi connectivity index (χ0v) is 16.0. The van der Waals surface area contributed by atoms with Crippen LogP contribution in [0.5, 0.6) is 5.75 Å². The fourth-order valence-corrected chi connectivity index (χ4v) is 2.97. The van der Waals surface area contributed by atoms with Crippen LogP contribution in [0.4, 0.5) is 0 Å². The lowest BCUT2D eigenvalue weighted by atomic mass is 10.0. The van der Waals surface area contributed by atoms with Crippen molar-refractivity contribution in [2.24, 2.45) is 0 Å². The molecular formula is C21H24N2O4. The second kappa shape index (κ2) is 8.22. The maximum absolute atomic E-state index is 12.8. The van der Waals surface area contributed by atoms with Crippen molar-refractivity contribution in [2.45, 2.75) is 33.4 Å². The van der Waals surface area contributed by atoms with Crippen molar-refractivity contribution in [3.8, 4) is 5.75 Å². The van der Waals surface area contributed by atoms with Crippen LogP contribution in [0, 0.1) is 13.8 Å². The van der Waals surface area contributed by atoms with Gasteiger partial charge >= 0.3 is 0 Å². The van der Waals surface area contributed by atoms with Crippen LogP contribution >= 0.6 is 0 Å². The van der Waals surface area contributed by atoms with E-state index in [4.69, 9.17) is 14.0 Å². The molecule has 1 aromatic heterocycles. The molecule has 2 aromatic carbocycles. The second-order valence-electron chi connectivity index (χ2n) is 6.62. The lowest BCUT2D eigenvalue weighted by Gasteiger charge is -2.16. The SMILES string of the molecule is COC[C@@H](C)NC(=O)c1cc2ccccc2cc1OCc1c(C)noc1C. The Balaban J connectivity index is 1.92. The summed E-state index contributed by atoms with van der Waals surface area (Å²) < 4.78 is 16.3. The largest absolute Gasteiger partial charge is 0.488 e. The average Bonchev–Trinajstić information content (AvgIpc) is 2.97. The molecule has 142 valence electrons. The molecule has 1 atom stereocenters. The smallest absolute Gasteiger partial charge is 0.255 e. The number of aryl methyl sites for hydroxylation is 2. The molecule has 1 N–H and O–H groups in total. The first-order valence-corrected chi connectivity index (χ1v) is 8.86. The quantitative estimate of drug-likeness (QED) is 0.687. The highest BCUT2D eigenvalue weighted by molar-refractivity contribution is 6.01. The Morgan fingerprint density at radius 1 is 1.22 bits per heavy atom. The number of methoxy groups -OCH3 is 1. The van der Waals surface area contributed by atoms with Gasteiger partial charge < -0.3 is 19.3 Å². The molecule has 6 heteroatoms. The summed E-state index contributed by atoms with van der Waals surface area (Å²) in [6.45, 7) is 6.34. The Labute approximate surface area is 158 Å². The van der Waals surface area contributed by atoms with Gasteiger partial charge in [-0.25, -0.2) is 0 Å². The van der Waals surface area contributed by atoms with Crippen molar-refractivity contribution in [3.63, 3.8) is 0 Å². The first kappa shape index (κ1) is 18.9. The number of nitrogens with zero attached hydrogens (tertiary/aromatic N) is 1. The Morgan fingerprint density at radius 2 is 1.93 bits per heavy atom. The molecule has 0 bridgehead atoms. The highest BCUT2D eigenvalue weighted by Gasteiger charge is 2.18. The van der Waals surface area contributed by atoms with Gasteiger partial charge in [0.2, 0.25) is 0 Å². The molecule has 6 nitrogen and oxygen atoms in total. The summed E-state index contributed by atoms with van der Waals surface area (Å²) in [5.74, 6) is 1.04. The lowest BCUT2D eigenvalue weighted by Crippen LogP contribution is -2.35. The van der Waals surface area contributed by atoms with Crippen molar-refractivity contribution in [1.82, 2.24) is 10.5 Å². The summed E-state index contributed by atoms with van der Waals surface area (Å²) in [5.41, 5.74) is 2.17. The van der Waals surface area contributed by atoms with Crippen LogP contribution in [-0.2, 0) is 11.3 Å². The van der Waals surface area contributed by atoms with E-state index in [0.29, 0.717) is 23.7 Å². The molecule has 0 saturated carbocycles. The van der Waals surface area contributed by atoms with E-state index in [2.05, 4.69) is 10.5 Å². The maximum atomic E-state index is 12.8. The van der Waals surface area contributed by atoms with Crippen LogP contribution in [0.25, 0.3) is 10.8 Å². The normalized spacial score (nSPS) is 12.1. The predicted molar refractivity (Wildman–Crippen MR) is 103 cm³/mol. The number of aromatic nitrogens is 1. The first-order chi connectivity index (χ1) is 13.0. The van der Waals surface area contributed by atoms with Crippen LogP contribution < -0.4 is 10.1 Å². The fourth-order valence-electron chi connectivity index (χ4n) is 2.97. The van der Waals surface area contributed by atoms with Gasteiger partial charge in [-0.15, -0.1) is 0 Å². The molecule has 0 spiro atoms. The predicted octanol–water partition coefficient (Wildman–Crippen LogP) is 3.79. The van der Waals surface area contributed by atoms with Gasteiger partial charge in [-0.05, 0) is 43.7 Å². The minimum atomic E-state index is -0.195. The number of ether oxygens (including phenoxy) is 2. The second-order valence-corrected chi connectivity index (χ2v) is 6.62. The van der Waals surface area contributed by atoms with Gasteiger partial charge in [-0.3, -0.25) is 4.79 Å². The van der Waals surface area contributed by atoms with Crippen LogP contribution in [0.1, 0.15) is 34.3 Å². The van der Waals surface area contributed by atoms with E-state index in [-0.39, 0.29) is 18.6 Å². The molecule has 0 radical (unpaired) electrons. The van der Waals surface area contributed by atoms with E-state index in [0.717, 1.165) is 22.0 Å². The van der Waals surface area contributed by atoms with Crippen molar-refractivity contribution in [1.29, 1.82) is 0 Å². The fraction of sp³-hybridized carbons (Fsp3) is 0.333. The molecule has 3 aromatic rings. The Hall–Kier alpha value is -2.86. The number of amides is 1. The molecular weight excluding hydrogens is 344 g/mol. The van der Waals surface area contributed by atoms with Crippen molar-refractivity contribution < 1.29 is 18.8 Å². The van der Waals surface area contributed by atoms with Gasteiger partial charge in [0.25, 0.3) is 5.91 Å². The minimum absolute atomic E-state index is 0.107. The molecule has 0 unspecified atom stereocenters. The Morgan fingerprint density at radius 3 is 2.56 bits per heavy atom. The van der Waals surface area contributed by atoms with E-state index in [1.807, 2.05) is 57.2 Å². The van der Waals surface area contributed by atoms with Gasteiger partial charge in [-0.1, -0.05) is 29.4 Å². The van der Waals surface area contributed by atoms with Gasteiger partial charge in [0.1, 0.15) is 18.1 Å². The van der Waals surface area contributed by atoms with Gasteiger partial charge in [-0.2, -0.15) is 0 Å². The molecule has 1 amide bonds. The lowest BCUT2D eigenvalue weighted by molar-refractivity contribution is 0.0901. The summed E-state index contributed by atoms with van der Waals surface area (Å²) in [5, 5.41) is 8.88. The van der Waals surface area contributed by atoms with Gasteiger partial charge in [0.05, 0.1) is 23.4 Å². The average molecular weight is 368 g/mol. The van der Waals surface area contributed by atoms with Crippen LogP contribution in [-0.4, -0.2) is 30.8 Å². The number of hydrogen-bond donors (Lipinski definition) is 1. The molecule has 27 heavy (non-hydrogen) atoms. The molecule has 0 saturated heterocycles. The Kier molecular flexibility index (Phi) is 5.76. The number of rotatable bonds is 7. The van der Waals surface area contributed by atoms with E-state index in [1.54, 1.807) is 7.11 Å². The topological polar surface area (TPSA) is 73.6 Å². The summed E-state index contributed by atoms with van der Waals surface area (Å²) in [6.07, 6.45) is 0. The number of nitrogens with one attached hydrogen (secondary N) is 1. The molecule has 0 aliphatic carbocycles. The van der Waals surface area contributed by atoms with Gasteiger partial charge in [0.15, 0.2) is 0 Å². The third-order valence-corrected chi connectivity index (χ3v) is 4.44. The number of carbonyl (C=O) groups excluding carboxylic acids is 1. The minimum Gasteiger partial charge on any atom is -0.488 e. The Bertz CT molecular complexity index is 929. The zero-order valence-electron chi connectivity index (χ0n) is 16.0. The monoisotopic (exact) mass is 368 g/mol. The third kappa shape index (κ3) is 4.28. The standard InChI is InChI=1S/C21H24N2O4/c1-13(11-25-4)22-21(24)18-9-16-7-5-6-8-17(16)10-20(18)26-12-19-14(2)23-27-15(19)3/h5-10,13H,11-12H2,1-4H3,(H,22,24)/t13-/m1/s1. The molecule has 3 rings (SSSR count). The van der Waals surface area contributed by atoms with Gasteiger partial charge in [0, 0.05) is 13.2 Å². The van der Waals surface area contributed by atoms with Crippen LogP contribution in [0.2, 0.25) is 0 Å². The number of fused-ring (bicyclic) bond motifs is 1. The first-order valence-electron chi connectivity index (χ1n) is 8.86. The summed E-state index contributed by atoms with van der Waals surface area (Å²) in [7, 11) is 1.61. The van der Waals surface area contributed by atoms with E-state index >= 15 is 0 Å². The van der Waals surface area contributed by atoms with E-state index < -0.39 is 0 Å². The van der Waals surface area contributed by atoms with Crippen LogP contribution in [0.3, 0.4) is 0 Å². The molecule has 0 aliphatic heterocycles. The summed E-state index contributed by atoms with van der Waals surface area (Å²) in [6, 6.07) is 11.5. The molecule has 1 heterocycles. The number of carbonyl (C=O) groups is 1. The third-order valence-electron chi connectivity index (χ3n) is 4.44.